The van der Waals surface area contributed by atoms with Crippen LogP contribution in [0.4, 0.5) is 0 Å². The Hall–Kier alpha value is -2.06. The van der Waals surface area contributed by atoms with Crippen LogP contribution in [0, 0.1) is 11.3 Å². The Balaban J connectivity index is 1.85. The van der Waals surface area contributed by atoms with Crippen LogP contribution in [0.1, 0.15) is 118 Å². The van der Waals surface area contributed by atoms with E-state index in [0.29, 0.717) is 6.42 Å². The zero-order chi connectivity index (χ0) is 33.7. The Kier molecular flexibility index (Phi) is 19.6. The molecular formula is C37H59O7PSi. The summed E-state index contributed by atoms with van der Waals surface area (Å²) in [5.74, 6) is -0.942. The monoisotopic (exact) mass is 674 g/mol. The third-order valence-electron chi connectivity index (χ3n) is 8.22. The fourth-order valence-electron chi connectivity index (χ4n) is 5.40. The van der Waals surface area contributed by atoms with Crippen molar-refractivity contribution in [1.82, 2.24) is 0 Å². The van der Waals surface area contributed by atoms with Crippen molar-refractivity contribution in [3.05, 3.63) is 72.8 Å². The van der Waals surface area contributed by atoms with Crippen LogP contribution < -0.4 is 10.4 Å². The molecule has 46 heavy (non-hydrogen) atoms. The van der Waals surface area contributed by atoms with Gasteiger partial charge in [-0.25, -0.2) is 4.57 Å². The van der Waals surface area contributed by atoms with E-state index in [4.69, 9.17) is 13.7 Å². The Morgan fingerprint density at radius 1 is 0.783 bits per heavy atom. The molecule has 0 fully saturated rings. The zero-order valence-corrected chi connectivity index (χ0v) is 30.7. The van der Waals surface area contributed by atoms with E-state index in [-0.39, 0.29) is 12.6 Å². The van der Waals surface area contributed by atoms with Crippen molar-refractivity contribution in [2.24, 2.45) is 11.3 Å². The number of phosphoric acid groups is 1. The molecule has 0 aliphatic carbocycles. The number of ether oxygens (including phenoxy) is 1. The molecule has 0 amide bonds. The third-order valence-corrected chi connectivity index (χ3v) is 11.2. The van der Waals surface area contributed by atoms with E-state index >= 15 is 0 Å². The molecule has 2 unspecified atom stereocenters. The molecule has 0 spiro atoms. The minimum absolute atomic E-state index is 0.0667. The number of hydrogen-bond acceptors (Lipinski definition) is 5. The highest BCUT2D eigenvalue weighted by molar-refractivity contribution is 7.46. The number of allylic oxidation sites excluding steroid dienone is 2. The Bertz CT molecular complexity index is 1110. The van der Waals surface area contributed by atoms with Crippen molar-refractivity contribution in [2.45, 2.75) is 124 Å². The lowest BCUT2D eigenvalue weighted by Crippen LogP contribution is -2.51. The number of rotatable bonds is 24. The molecule has 2 atom stereocenters. The number of phosphoric ester groups is 1. The van der Waals surface area contributed by atoms with Gasteiger partial charge in [0.05, 0.1) is 6.61 Å². The van der Waals surface area contributed by atoms with E-state index in [0.717, 1.165) is 42.5 Å². The number of hydrogen-bond donors (Lipinski definition) is 2. The number of benzene rings is 2. The predicted octanol–water partition coefficient (Wildman–Crippen LogP) is 8.22. The minimum Gasteiger partial charge on any atom is -0.465 e. The average molecular weight is 675 g/mol. The van der Waals surface area contributed by atoms with Crippen LogP contribution in [0.15, 0.2) is 72.8 Å². The zero-order valence-electron chi connectivity index (χ0n) is 28.6. The van der Waals surface area contributed by atoms with E-state index < -0.39 is 34.5 Å². The molecule has 258 valence electrons. The highest BCUT2D eigenvalue weighted by atomic mass is 31.2. The second kappa shape index (κ2) is 22.5. The van der Waals surface area contributed by atoms with Crippen LogP contribution in [0.5, 0.6) is 0 Å². The van der Waals surface area contributed by atoms with Gasteiger partial charge in [0.25, 0.3) is 0 Å². The van der Waals surface area contributed by atoms with Gasteiger partial charge in [0, 0.05) is 12.3 Å². The number of esters is 1. The van der Waals surface area contributed by atoms with Crippen molar-refractivity contribution in [3.8, 4) is 0 Å². The topological polar surface area (TPSA) is 102 Å². The number of carbonyl (C=O) groups is 1. The lowest BCUT2D eigenvalue weighted by Gasteiger charge is -2.37. The maximum absolute atomic E-state index is 12.7. The van der Waals surface area contributed by atoms with Crippen LogP contribution in [-0.4, -0.2) is 37.7 Å². The SMILES string of the molecule is CCCCCCCCC=CCCCCCCCC(=O)OCC(C(O[SiH](c1ccccc1)c1ccccc1)OP(=O)(O)O)C(C)(C)C. The van der Waals surface area contributed by atoms with Crippen molar-refractivity contribution in [2.75, 3.05) is 6.61 Å². The summed E-state index contributed by atoms with van der Waals surface area (Å²) in [6.45, 7) is 7.96. The molecule has 9 heteroatoms. The van der Waals surface area contributed by atoms with E-state index in [1.807, 2.05) is 81.4 Å². The molecule has 0 aliphatic heterocycles. The van der Waals surface area contributed by atoms with E-state index in [9.17, 15) is 19.1 Å². The van der Waals surface area contributed by atoms with Gasteiger partial charge in [0.2, 0.25) is 9.04 Å². The number of unbranched alkanes of at least 4 members (excludes halogenated alkanes) is 11. The Morgan fingerprint density at radius 3 is 1.74 bits per heavy atom. The quantitative estimate of drug-likeness (QED) is 0.0289. The van der Waals surface area contributed by atoms with E-state index in [1.54, 1.807) is 0 Å². The highest BCUT2D eigenvalue weighted by Crippen LogP contribution is 2.43. The summed E-state index contributed by atoms with van der Waals surface area (Å²) in [4.78, 5) is 32.4. The standard InChI is InChI=1S/C37H59O7PSi/c1-5-6-7-8-9-10-11-12-13-14-15-16-17-18-25-30-35(38)42-31-34(37(2,3)4)36(43-45(39,40)41)44-46(32-26-21-19-22-27-32)33-28-23-20-24-29-33/h12-13,19-24,26-29,34,36,46H,5-11,14-18,25,30-31H2,1-4H3,(H2,39,40,41). The Labute approximate surface area is 280 Å². The van der Waals surface area contributed by atoms with Gasteiger partial charge in [0.15, 0.2) is 6.29 Å². The third kappa shape index (κ3) is 17.7. The molecule has 0 saturated carbocycles. The van der Waals surface area contributed by atoms with Crippen LogP contribution >= 0.6 is 7.82 Å². The van der Waals surface area contributed by atoms with Crippen LogP contribution in [0.25, 0.3) is 0 Å². The molecule has 2 aromatic carbocycles. The van der Waals surface area contributed by atoms with Crippen molar-refractivity contribution >= 4 is 33.2 Å². The summed E-state index contributed by atoms with van der Waals surface area (Å²) >= 11 is 0. The van der Waals surface area contributed by atoms with Crippen LogP contribution in [-0.2, 0) is 23.0 Å². The van der Waals surface area contributed by atoms with Gasteiger partial charge >= 0.3 is 13.8 Å². The molecule has 2 rings (SSSR count). The maximum Gasteiger partial charge on any atom is 0.471 e. The first-order valence-corrected chi connectivity index (χ1v) is 20.5. The van der Waals surface area contributed by atoms with Crippen molar-refractivity contribution in [1.29, 1.82) is 0 Å². The van der Waals surface area contributed by atoms with E-state index in [2.05, 4.69) is 19.1 Å². The highest BCUT2D eigenvalue weighted by Gasteiger charge is 2.40. The largest absolute Gasteiger partial charge is 0.471 e. The van der Waals surface area contributed by atoms with Gasteiger partial charge in [-0.2, -0.15) is 0 Å². The molecule has 2 aromatic rings. The summed E-state index contributed by atoms with van der Waals surface area (Å²) in [7, 11) is -7.36. The summed E-state index contributed by atoms with van der Waals surface area (Å²) in [6.07, 6.45) is 19.1. The smallest absolute Gasteiger partial charge is 0.465 e. The second-order valence-corrected chi connectivity index (χ2v) is 16.8. The average Bonchev–Trinajstić information content (AvgIpc) is 3.01. The molecule has 0 aliphatic rings. The van der Waals surface area contributed by atoms with Gasteiger partial charge in [-0.15, -0.1) is 0 Å². The van der Waals surface area contributed by atoms with Crippen molar-refractivity contribution in [3.63, 3.8) is 0 Å². The van der Waals surface area contributed by atoms with Crippen LogP contribution in [0.3, 0.4) is 0 Å². The van der Waals surface area contributed by atoms with E-state index in [1.165, 1.54) is 51.4 Å². The molecule has 0 aromatic heterocycles. The van der Waals surface area contributed by atoms with Crippen molar-refractivity contribution < 1.29 is 32.8 Å². The van der Waals surface area contributed by atoms with Gasteiger partial charge in [-0.05, 0) is 47.9 Å². The van der Waals surface area contributed by atoms with Gasteiger partial charge in [-0.3, -0.25) is 9.32 Å². The molecule has 7 nitrogen and oxygen atoms in total. The molecule has 0 heterocycles. The van der Waals surface area contributed by atoms with Gasteiger partial charge in [0.1, 0.15) is 0 Å². The van der Waals surface area contributed by atoms with Crippen LogP contribution in [0.2, 0.25) is 0 Å². The summed E-state index contributed by atoms with van der Waals surface area (Å²) in [5.41, 5.74) is -0.546. The Morgan fingerprint density at radius 2 is 1.26 bits per heavy atom. The van der Waals surface area contributed by atoms with Gasteiger partial charge < -0.3 is 18.9 Å². The lowest BCUT2D eigenvalue weighted by molar-refractivity contribution is -0.154. The fraction of sp³-hybridized carbons (Fsp3) is 0.595. The minimum atomic E-state index is -4.93. The normalized spacial score (nSPS) is 13.7. The first kappa shape index (κ1) is 40.1. The summed E-state index contributed by atoms with van der Waals surface area (Å²) < 4.78 is 29.7. The first-order valence-electron chi connectivity index (χ1n) is 17.3. The molecule has 0 saturated heterocycles. The molecular weight excluding hydrogens is 615 g/mol. The lowest BCUT2D eigenvalue weighted by atomic mass is 9.81. The second-order valence-electron chi connectivity index (χ2n) is 13.3. The summed E-state index contributed by atoms with van der Waals surface area (Å²) in [5, 5.41) is 1.89. The summed E-state index contributed by atoms with van der Waals surface area (Å²) in [6, 6.07) is 19.3. The maximum atomic E-state index is 12.7. The van der Waals surface area contributed by atoms with Gasteiger partial charge in [-0.1, -0.05) is 152 Å². The first-order chi connectivity index (χ1) is 22.0. The molecule has 2 N–H and O–H groups in total. The molecule has 0 radical (unpaired) electrons. The predicted molar refractivity (Wildman–Crippen MR) is 191 cm³/mol. The molecule has 0 bridgehead atoms. The fourth-order valence-corrected chi connectivity index (χ4v) is 8.32. The number of carbonyl (C=O) groups excluding carboxylic acids is 1.